The molecule has 3 N–H and O–H groups in total. The summed E-state index contributed by atoms with van der Waals surface area (Å²) in [5.74, 6) is 1.81. The Bertz CT molecular complexity index is 721. The third-order valence-corrected chi connectivity index (χ3v) is 4.75. The van der Waals surface area contributed by atoms with Crippen molar-refractivity contribution in [2.24, 2.45) is 0 Å². The number of aromatic nitrogens is 3. The Morgan fingerprint density at radius 1 is 1.30 bits per heavy atom. The molecule has 2 unspecified atom stereocenters. The summed E-state index contributed by atoms with van der Waals surface area (Å²) >= 11 is 0. The molecule has 8 heteroatoms. The molecule has 2 atom stereocenters. The minimum atomic E-state index is 0.0124. The monoisotopic (exact) mass is 373 g/mol. The zero-order valence-electron chi connectivity index (χ0n) is 15.6. The first kappa shape index (κ1) is 19.2. The van der Waals surface area contributed by atoms with Gasteiger partial charge in [0, 0.05) is 23.7 Å². The molecule has 1 saturated carbocycles. The Kier molecular flexibility index (Phi) is 7.04. The zero-order valence-corrected chi connectivity index (χ0v) is 15.6. The summed E-state index contributed by atoms with van der Waals surface area (Å²) in [5, 5.41) is 13.8. The van der Waals surface area contributed by atoms with Crippen molar-refractivity contribution in [3.63, 3.8) is 0 Å². The molecule has 0 spiro atoms. The van der Waals surface area contributed by atoms with Gasteiger partial charge < -0.3 is 20.1 Å². The lowest BCUT2D eigenvalue weighted by molar-refractivity contribution is -0.133. The first-order valence-electron chi connectivity index (χ1n) is 9.42. The number of hydrogen-bond acceptors (Lipinski definition) is 7. The molecular formula is C19H27N5O3. The summed E-state index contributed by atoms with van der Waals surface area (Å²) in [4.78, 5) is 14.7. The number of aromatic amines is 1. The zero-order chi connectivity index (χ0) is 18.9. The number of unbranched alkanes of at least 4 members (excludes halogenated alkanes) is 1. The molecule has 1 aliphatic rings. The van der Waals surface area contributed by atoms with E-state index in [0.29, 0.717) is 19.0 Å². The lowest BCUT2D eigenvalue weighted by Gasteiger charge is -2.08. The van der Waals surface area contributed by atoms with E-state index in [1.54, 1.807) is 12.4 Å². The topological polar surface area (TPSA) is 101 Å². The van der Waals surface area contributed by atoms with Crippen LogP contribution in [0.4, 0.5) is 11.5 Å². The second-order valence-corrected chi connectivity index (χ2v) is 6.77. The molecule has 0 aliphatic heterocycles. The van der Waals surface area contributed by atoms with Crippen molar-refractivity contribution in [3.05, 3.63) is 30.2 Å². The van der Waals surface area contributed by atoms with Gasteiger partial charge in [0.15, 0.2) is 5.82 Å². The fourth-order valence-electron chi connectivity index (χ4n) is 3.34. The summed E-state index contributed by atoms with van der Waals surface area (Å²) in [6, 6.07) is 3.92. The first-order valence-corrected chi connectivity index (χ1v) is 9.42. The van der Waals surface area contributed by atoms with Gasteiger partial charge >= 0.3 is 0 Å². The van der Waals surface area contributed by atoms with Gasteiger partial charge in [0.1, 0.15) is 11.9 Å². The summed E-state index contributed by atoms with van der Waals surface area (Å²) in [6.07, 6.45) is 8.25. The minimum absolute atomic E-state index is 0.0124. The van der Waals surface area contributed by atoms with Crippen molar-refractivity contribution < 1.29 is 14.3 Å². The first-order chi connectivity index (χ1) is 13.3. The number of anilines is 2. The van der Waals surface area contributed by atoms with Crippen molar-refractivity contribution in [1.82, 2.24) is 20.5 Å². The van der Waals surface area contributed by atoms with Crippen LogP contribution in [0.25, 0.3) is 0 Å². The highest BCUT2D eigenvalue weighted by Gasteiger charge is 2.28. The van der Waals surface area contributed by atoms with E-state index in [-0.39, 0.29) is 6.10 Å². The van der Waals surface area contributed by atoms with Gasteiger partial charge in [0.2, 0.25) is 0 Å². The number of H-pyrrole nitrogens is 1. The number of carbonyl (C=O) groups excluding carboxylic acids is 1. The van der Waals surface area contributed by atoms with Crippen molar-refractivity contribution in [2.75, 3.05) is 25.5 Å². The van der Waals surface area contributed by atoms with Gasteiger partial charge in [-0.1, -0.05) is 0 Å². The SMILES string of the molecule is CNCCCCOc1cncc(Nc2cc(C3CCC(OC=O)C3)[nH]n2)c1. The number of hydrogen-bond donors (Lipinski definition) is 3. The summed E-state index contributed by atoms with van der Waals surface area (Å²) in [7, 11) is 1.95. The molecule has 8 nitrogen and oxygen atoms in total. The van der Waals surface area contributed by atoms with Crippen molar-refractivity contribution in [2.45, 2.75) is 44.1 Å². The van der Waals surface area contributed by atoms with Crippen LogP contribution >= 0.6 is 0 Å². The van der Waals surface area contributed by atoms with Gasteiger partial charge in [-0.25, -0.2) is 0 Å². The van der Waals surface area contributed by atoms with Crippen LogP contribution in [0.2, 0.25) is 0 Å². The summed E-state index contributed by atoms with van der Waals surface area (Å²) < 4.78 is 10.8. The lowest BCUT2D eigenvalue weighted by Crippen LogP contribution is -2.09. The number of pyridine rings is 1. The van der Waals surface area contributed by atoms with Crippen LogP contribution in [0.15, 0.2) is 24.5 Å². The molecule has 27 heavy (non-hydrogen) atoms. The molecule has 1 aliphatic carbocycles. The molecule has 1 fully saturated rings. The number of ether oxygens (including phenoxy) is 2. The van der Waals surface area contributed by atoms with E-state index < -0.39 is 0 Å². The number of nitrogens with zero attached hydrogens (tertiary/aromatic N) is 2. The smallest absolute Gasteiger partial charge is 0.293 e. The summed E-state index contributed by atoms with van der Waals surface area (Å²) in [6.45, 7) is 2.20. The number of nitrogens with one attached hydrogen (secondary N) is 3. The Balaban J connectivity index is 1.51. The Hall–Kier alpha value is -2.61. The average molecular weight is 373 g/mol. The van der Waals surface area contributed by atoms with Gasteiger partial charge in [-0.2, -0.15) is 5.10 Å². The highest BCUT2D eigenvalue weighted by molar-refractivity contribution is 5.57. The molecule has 2 aromatic heterocycles. The Morgan fingerprint density at radius 2 is 2.22 bits per heavy atom. The molecule has 146 valence electrons. The van der Waals surface area contributed by atoms with Crippen LogP contribution in [0.1, 0.15) is 43.7 Å². The van der Waals surface area contributed by atoms with E-state index in [9.17, 15) is 4.79 Å². The molecule has 0 aromatic carbocycles. The predicted molar refractivity (Wildman–Crippen MR) is 102 cm³/mol. The normalized spacial score (nSPS) is 19.0. The molecule has 2 aromatic rings. The van der Waals surface area contributed by atoms with Crippen LogP contribution in [-0.4, -0.2) is 48.0 Å². The second kappa shape index (κ2) is 9.91. The number of carbonyl (C=O) groups is 1. The quantitative estimate of drug-likeness (QED) is 0.411. The predicted octanol–water partition coefficient (Wildman–Crippen LogP) is 2.74. The second-order valence-electron chi connectivity index (χ2n) is 6.77. The highest BCUT2D eigenvalue weighted by Crippen LogP contribution is 2.35. The third-order valence-electron chi connectivity index (χ3n) is 4.75. The van der Waals surface area contributed by atoms with Gasteiger partial charge in [-0.3, -0.25) is 14.9 Å². The van der Waals surface area contributed by atoms with Crippen LogP contribution in [0.3, 0.4) is 0 Å². The molecule has 3 rings (SSSR count). The van der Waals surface area contributed by atoms with E-state index in [4.69, 9.17) is 9.47 Å². The molecule has 0 amide bonds. The van der Waals surface area contributed by atoms with Crippen molar-refractivity contribution in [3.8, 4) is 5.75 Å². The molecule has 2 heterocycles. The van der Waals surface area contributed by atoms with Crippen LogP contribution in [0.5, 0.6) is 5.75 Å². The fraction of sp³-hybridized carbons (Fsp3) is 0.526. The van der Waals surface area contributed by atoms with Crippen molar-refractivity contribution in [1.29, 1.82) is 0 Å². The molecule has 0 saturated heterocycles. The maximum atomic E-state index is 10.5. The standard InChI is InChI=1S/C19H27N5O3/c1-20-6-2-3-7-26-17-9-15(11-21-12-17)22-19-10-18(23-24-19)14-4-5-16(8-14)27-13-25/h9-14,16,20H,2-8H2,1H3,(H2,22,23,24). The number of rotatable bonds is 11. The molecule has 0 radical (unpaired) electrons. The van der Waals surface area contributed by atoms with E-state index in [2.05, 4.69) is 25.8 Å². The van der Waals surface area contributed by atoms with Gasteiger partial charge in [0.25, 0.3) is 6.47 Å². The largest absolute Gasteiger partial charge is 0.492 e. The molecule has 0 bridgehead atoms. The van der Waals surface area contributed by atoms with E-state index >= 15 is 0 Å². The average Bonchev–Trinajstić information content (AvgIpc) is 3.32. The van der Waals surface area contributed by atoms with Crippen LogP contribution in [0, 0.1) is 0 Å². The van der Waals surface area contributed by atoms with Crippen LogP contribution < -0.4 is 15.4 Å². The maximum Gasteiger partial charge on any atom is 0.293 e. The van der Waals surface area contributed by atoms with E-state index in [0.717, 1.165) is 61.6 Å². The van der Waals surface area contributed by atoms with Crippen LogP contribution in [-0.2, 0) is 9.53 Å². The van der Waals surface area contributed by atoms with Gasteiger partial charge in [0.05, 0.1) is 24.7 Å². The Labute approximate surface area is 159 Å². The fourth-order valence-corrected chi connectivity index (χ4v) is 3.34. The van der Waals surface area contributed by atoms with Gasteiger partial charge in [-0.15, -0.1) is 0 Å². The lowest BCUT2D eigenvalue weighted by atomic mass is 10.0. The third kappa shape index (κ3) is 5.68. The highest BCUT2D eigenvalue weighted by atomic mass is 16.5. The van der Waals surface area contributed by atoms with E-state index in [1.165, 1.54) is 0 Å². The van der Waals surface area contributed by atoms with E-state index in [1.807, 2.05) is 19.2 Å². The summed E-state index contributed by atoms with van der Waals surface area (Å²) in [5.41, 5.74) is 1.88. The Morgan fingerprint density at radius 3 is 3.07 bits per heavy atom. The minimum Gasteiger partial charge on any atom is -0.492 e. The van der Waals surface area contributed by atoms with Crippen molar-refractivity contribution >= 4 is 18.0 Å². The molecular weight excluding hydrogens is 346 g/mol. The maximum absolute atomic E-state index is 10.5. The van der Waals surface area contributed by atoms with Gasteiger partial charge in [-0.05, 0) is 45.7 Å².